The van der Waals surface area contributed by atoms with Crippen LogP contribution in [0.15, 0.2) is 35.3 Å². The maximum absolute atomic E-state index is 4.34. The number of nitrogens with one attached hydrogen (secondary N) is 2. The number of hydrogen-bond acceptors (Lipinski definition) is 2. The molecule has 0 saturated heterocycles. The monoisotopic (exact) mass is 430 g/mol. The van der Waals surface area contributed by atoms with Crippen LogP contribution in [0.1, 0.15) is 31.2 Å². The highest BCUT2D eigenvalue weighted by molar-refractivity contribution is 14.0. The van der Waals surface area contributed by atoms with Crippen LogP contribution >= 0.6 is 24.0 Å². The molecular weight excluding hydrogens is 399 g/mol. The summed E-state index contributed by atoms with van der Waals surface area (Å²) in [5.74, 6) is 2.21. The third kappa shape index (κ3) is 6.67. The van der Waals surface area contributed by atoms with Crippen molar-refractivity contribution in [2.24, 2.45) is 10.9 Å². The van der Waals surface area contributed by atoms with E-state index in [1.165, 1.54) is 18.4 Å². The number of hydrogen-bond donors (Lipinski definition) is 2. The van der Waals surface area contributed by atoms with Crippen molar-refractivity contribution in [1.82, 2.24) is 15.5 Å². The van der Waals surface area contributed by atoms with Gasteiger partial charge in [0.05, 0.1) is 0 Å². The largest absolute Gasteiger partial charge is 0.356 e. The summed E-state index contributed by atoms with van der Waals surface area (Å²) < 4.78 is 0. The molecule has 1 aliphatic carbocycles. The van der Waals surface area contributed by atoms with Gasteiger partial charge in [0, 0.05) is 26.2 Å². The van der Waals surface area contributed by atoms with Gasteiger partial charge in [0.1, 0.15) is 0 Å². The summed E-state index contributed by atoms with van der Waals surface area (Å²) in [6.45, 7) is 4.08. The van der Waals surface area contributed by atoms with E-state index < -0.39 is 0 Å². The fraction of sp³-hybridized carbons (Fsp3) is 0.611. The van der Waals surface area contributed by atoms with Gasteiger partial charge in [0.15, 0.2) is 5.96 Å². The first-order valence-corrected chi connectivity index (χ1v) is 8.27. The predicted octanol–water partition coefficient (Wildman–Crippen LogP) is 2.91. The first-order chi connectivity index (χ1) is 10.6. The molecule has 2 atom stereocenters. The number of halogens is 1. The number of rotatable bonds is 7. The number of aliphatic imine (C=N–C) groups is 1. The van der Waals surface area contributed by atoms with Crippen molar-refractivity contribution in [3.63, 3.8) is 0 Å². The molecule has 0 spiro atoms. The van der Waals surface area contributed by atoms with Crippen molar-refractivity contribution in [2.75, 3.05) is 34.2 Å². The Morgan fingerprint density at radius 3 is 2.30 bits per heavy atom. The van der Waals surface area contributed by atoms with Crippen molar-refractivity contribution in [3.05, 3.63) is 35.9 Å². The Balaban J connectivity index is 0.00000264. The van der Waals surface area contributed by atoms with Gasteiger partial charge in [-0.25, -0.2) is 0 Å². The first-order valence-electron chi connectivity index (χ1n) is 8.27. The molecule has 1 aromatic rings. The molecule has 1 aromatic carbocycles. The second-order valence-corrected chi connectivity index (χ2v) is 6.51. The Morgan fingerprint density at radius 1 is 1.17 bits per heavy atom. The average Bonchev–Trinajstić information content (AvgIpc) is 3.35. The molecule has 0 radical (unpaired) electrons. The third-order valence-electron chi connectivity index (χ3n) is 4.48. The molecule has 0 aliphatic heterocycles. The van der Waals surface area contributed by atoms with Gasteiger partial charge in [0.2, 0.25) is 0 Å². The smallest absolute Gasteiger partial charge is 0.191 e. The topological polar surface area (TPSA) is 39.7 Å². The summed E-state index contributed by atoms with van der Waals surface area (Å²) in [4.78, 5) is 6.66. The molecule has 2 unspecified atom stereocenters. The summed E-state index contributed by atoms with van der Waals surface area (Å²) in [5, 5.41) is 6.92. The molecule has 5 heteroatoms. The quantitative estimate of drug-likeness (QED) is 0.397. The van der Waals surface area contributed by atoms with Crippen LogP contribution in [0.3, 0.4) is 0 Å². The fourth-order valence-corrected chi connectivity index (χ4v) is 2.82. The molecule has 1 saturated carbocycles. The highest BCUT2D eigenvalue weighted by atomic mass is 127. The van der Waals surface area contributed by atoms with E-state index in [1.54, 1.807) is 0 Å². The SMILES string of the molecule is CN=C(NCC(C)c1ccccc1)NCC(C1CC1)N(C)C.I. The maximum atomic E-state index is 4.34. The van der Waals surface area contributed by atoms with Crippen LogP contribution in [-0.2, 0) is 0 Å². The van der Waals surface area contributed by atoms with E-state index in [1.807, 2.05) is 7.05 Å². The molecule has 1 aliphatic rings. The lowest BCUT2D eigenvalue weighted by atomic mass is 10.0. The molecule has 0 bridgehead atoms. The molecule has 23 heavy (non-hydrogen) atoms. The van der Waals surface area contributed by atoms with Crippen LogP contribution in [0.5, 0.6) is 0 Å². The van der Waals surface area contributed by atoms with Gasteiger partial charge < -0.3 is 15.5 Å². The Hall–Kier alpha value is -0.820. The zero-order valence-electron chi connectivity index (χ0n) is 14.7. The summed E-state index contributed by atoms with van der Waals surface area (Å²) in [7, 11) is 6.17. The van der Waals surface area contributed by atoms with Gasteiger partial charge in [-0.1, -0.05) is 37.3 Å². The third-order valence-corrected chi connectivity index (χ3v) is 4.48. The van der Waals surface area contributed by atoms with E-state index in [0.717, 1.165) is 25.0 Å². The van der Waals surface area contributed by atoms with Gasteiger partial charge in [-0.3, -0.25) is 4.99 Å². The van der Waals surface area contributed by atoms with E-state index in [2.05, 4.69) is 71.9 Å². The molecule has 0 amide bonds. The average molecular weight is 430 g/mol. The van der Waals surface area contributed by atoms with Crippen molar-refractivity contribution < 1.29 is 0 Å². The van der Waals surface area contributed by atoms with E-state index in [0.29, 0.717) is 12.0 Å². The molecule has 0 aromatic heterocycles. The number of benzene rings is 1. The lowest BCUT2D eigenvalue weighted by Gasteiger charge is -2.25. The van der Waals surface area contributed by atoms with Crippen LogP contribution < -0.4 is 10.6 Å². The van der Waals surface area contributed by atoms with E-state index in [4.69, 9.17) is 0 Å². The Labute approximate surface area is 158 Å². The highest BCUT2D eigenvalue weighted by Gasteiger charge is 2.32. The van der Waals surface area contributed by atoms with E-state index >= 15 is 0 Å². The lowest BCUT2D eigenvalue weighted by molar-refractivity contribution is 0.264. The van der Waals surface area contributed by atoms with Crippen molar-refractivity contribution in [2.45, 2.75) is 31.7 Å². The van der Waals surface area contributed by atoms with Gasteiger partial charge >= 0.3 is 0 Å². The normalized spacial score (nSPS) is 17.3. The molecule has 1 fully saturated rings. The predicted molar refractivity (Wildman–Crippen MR) is 110 cm³/mol. The Kier molecular flexibility index (Phi) is 8.91. The number of nitrogens with zero attached hydrogens (tertiary/aromatic N) is 2. The van der Waals surface area contributed by atoms with Crippen molar-refractivity contribution in [1.29, 1.82) is 0 Å². The van der Waals surface area contributed by atoms with E-state index in [9.17, 15) is 0 Å². The number of guanidine groups is 1. The lowest BCUT2D eigenvalue weighted by Crippen LogP contribution is -2.46. The van der Waals surface area contributed by atoms with Gasteiger partial charge in [-0.15, -0.1) is 24.0 Å². The summed E-state index contributed by atoms with van der Waals surface area (Å²) >= 11 is 0. The Bertz CT molecular complexity index is 469. The second kappa shape index (κ2) is 10.1. The van der Waals surface area contributed by atoms with E-state index in [-0.39, 0.29) is 24.0 Å². The summed E-state index contributed by atoms with van der Waals surface area (Å²) in [6.07, 6.45) is 2.73. The number of likely N-dealkylation sites (N-methyl/N-ethyl adjacent to an activating group) is 1. The van der Waals surface area contributed by atoms with Crippen LogP contribution in [-0.4, -0.2) is 51.1 Å². The maximum Gasteiger partial charge on any atom is 0.191 e. The zero-order chi connectivity index (χ0) is 15.9. The molecular formula is C18H31IN4. The summed E-state index contributed by atoms with van der Waals surface area (Å²) in [5.41, 5.74) is 1.36. The fourth-order valence-electron chi connectivity index (χ4n) is 2.82. The molecule has 2 N–H and O–H groups in total. The van der Waals surface area contributed by atoms with Gasteiger partial charge in [-0.05, 0) is 44.3 Å². The summed E-state index contributed by atoms with van der Waals surface area (Å²) in [6, 6.07) is 11.2. The second-order valence-electron chi connectivity index (χ2n) is 6.51. The van der Waals surface area contributed by atoms with Crippen LogP contribution in [0.25, 0.3) is 0 Å². The standard InChI is InChI=1S/C18H30N4.HI/c1-14(15-8-6-5-7-9-15)12-20-18(19-2)21-13-17(22(3)4)16-10-11-16;/h5-9,14,16-17H,10-13H2,1-4H3,(H2,19,20,21);1H. The van der Waals surface area contributed by atoms with Crippen LogP contribution in [0.2, 0.25) is 0 Å². The zero-order valence-corrected chi connectivity index (χ0v) is 17.1. The minimum absolute atomic E-state index is 0. The molecule has 2 rings (SSSR count). The minimum Gasteiger partial charge on any atom is -0.356 e. The minimum atomic E-state index is 0. The van der Waals surface area contributed by atoms with Gasteiger partial charge in [-0.2, -0.15) is 0 Å². The first kappa shape index (κ1) is 20.2. The van der Waals surface area contributed by atoms with Crippen molar-refractivity contribution in [3.8, 4) is 0 Å². The highest BCUT2D eigenvalue weighted by Crippen LogP contribution is 2.34. The molecule has 0 heterocycles. The van der Waals surface area contributed by atoms with Crippen molar-refractivity contribution >= 4 is 29.9 Å². The van der Waals surface area contributed by atoms with Crippen LogP contribution in [0, 0.1) is 5.92 Å². The van der Waals surface area contributed by atoms with Crippen LogP contribution in [0.4, 0.5) is 0 Å². The molecule has 130 valence electrons. The molecule has 4 nitrogen and oxygen atoms in total. The van der Waals surface area contributed by atoms with Gasteiger partial charge in [0.25, 0.3) is 0 Å². The Morgan fingerprint density at radius 2 is 1.78 bits per heavy atom.